The standard InChI is InChI=1S/C8H9BrN2O2/c1-13-5-3-2-4(8(11)12)7(10)6(5)9/h2-3H,10H2,1H3,(H2,11,12). The molecule has 0 radical (unpaired) electrons. The minimum atomic E-state index is -0.555. The molecule has 0 aliphatic carbocycles. The summed E-state index contributed by atoms with van der Waals surface area (Å²) in [6.45, 7) is 0. The van der Waals surface area contributed by atoms with Gasteiger partial charge in [-0.25, -0.2) is 0 Å². The Hall–Kier alpha value is -1.23. The van der Waals surface area contributed by atoms with Crippen LogP contribution in [0.4, 0.5) is 5.69 Å². The number of primary amides is 1. The van der Waals surface area contributed by atoms with Gasteiger partial charge in [0, 0.05) is 0 Å². The lowest BCUT2D eigenvalue weighted by Gasteiger charge is -2.08. The molecular weight excluding hydrogens is 236 g/mol. The molecule has 13 heavy (non-hydrogen) atoms. The van der Waals surface area contributed by atoms with Crippen LogP contribution in [-0.2, 0) is 0 Å². The molecule has 0 spiro atoms. The maximum Gasteiger partial charge on any atom is 0.250 e. The molecule has 0 bridgehead atoms. The maximum absolute atomic E-state index is 10.9. The van der Waals surface area contributed by atoms with Crippen molar-refractivity contribution in [3.63, 3.8) is 0 Å². The molecule has 4 nitrogen and oxygen atoms in total. The summed E-state index contributed by atoms with van der Waals surface area (Å²) in [5, 5.41) is 0. The second kappa shape index (κ2) is 3.66. The summed E-state index contributed by atoms with van der Waals surface area (Å²) in [6.07, 6.45) is 0. The van der Waals surface area contributed by atoms with Crippen LogP contribution < -0.4 is 16.2 Å². The normalized spacial score (nSPS) is 9.69. The minimum absolute atomic E-state index is 0.285. The lowest BCUT2D eigenvalue weighted by atomic mass is 10.1. The van der Waals surface area contributed by atoms with Crippen molar-refractivity contribution in [3.05, 3.63) is 22.2 Å². The number of nitrogens with two attached hydrogens (primary N) is 2. The third kappa shape index (κ3) is 1.75. The first kappa shape index (κ1) is 9.85. The molecule has 0 saturated carbocycles. The molecule has 1 aromatic carbocycles. The quantitative estimate of drug-likeness (QED) is 0.767. The van der Waals surface area contributed by atoms with Gasteiger partial charge in [-0.3, -0.25) is 4.79 Å². The molecular formula is C8H9BrN2O2. The number of hydrogen-bond donors (Lipinski definition) is 2. The molecule has 0 unspecified atom stereocenters. The van der Waals surface area contributed by atoms with Crippen LogP contribution in [-0.4, -0.2) is 13.0 Å². The van der Waals surface area contributed by atoms with E-state index < -0.39 is 5.91 Å². The maximum atomic E-state index is 10.9. The van der Waals surface area contributed by atoms with Crippen molar-refractivity contribution < 1.29 is 9.53 Å². The van der Waals surface area contributed by atoms with Gasteiger partial charge in [0.25, 0.3) is 5.91 Å². The van der Waals surface area contributed by atoms with Gasteiger partial charge < -0.3 is 16.2 Å². The minimum Gasteiger partial charge on any atom is -0.495 e. The highest BCUT2D eigenvalue weighted by molar-refractivity contribution is 9.10. The van der Waals surface area contributed by atoms with Crippen molar-refractivity contribution in [2.24, 2.45) is 5.73 Å². The molecule has 0 heterocycles. The summed E-state index contributed by atoms with van der Waals surface area (Å²) in [5.74, 6) is 0.0170. The fourth-order valence-corrected chi connectivity index (χ4v) is 1.45. The van der Waals surface area contributed by atoms with Crippen LogP contribution in [0, 0.1) is 0 Å². The van der Waals surface area contributed by atoms with Crippen molar-refractivity contribution in [1.82, 2.24) is 0 Å². The van der Waals surface area contributed by atoms with E-state index in [-0.39, 0.29) is 5.56 Å². The van der Waals surface area contributed by atoms with Crippen LogP contribution in [0.1, 0.15) is 10.4 Å². The first-order chi connectivity index (χ1) is 6.07. The zero-order valence-corrected chi connectivity index (χ0v) is 8.59. The average Bonchev–Trinajstić information content (AvgIpc) is 2.09. The number of nitrogen functional groups attached to an aromatic ring is 1. The molecule has 4 N–H and O–H groups in total. The smallest absolute Gasteiger partial charge is 0.250 e. The molecule has 1 rings (SSSR count). The molecule has 0 aromatic heterocycles. The van der Waals surface area contributed by atoms with E-state index in [2.05, 4.69) is 15.9 Å². The third-order valence-corrected chi connectivity index (χ3v) is 2.45. The first-order valence-electron chi connectivity index (χ1n) is 3.49. The predicted molar refractivity (Wildman–Crippen MR) is 53.6 cm³/mol. The lowest BCUT2D eigenvalue weighted by Crippen LogP contribution is -2.13. The van der Waals surface area contributed by atoms with Gasteiger partial charge in [-0.1, -0.05) is 0 Å². The number of rotatable bonds is 2. The molecule has 1 aromatic rings. The average molecular weight is 245 g/mol. The molecule has 5 heteroatoms. The Morgan fingerprint density at radius 1 is 1.54 bits per heavy atom. The summed E-state index contributed by atoms with van der Waals surface area (Å²) >= 11 is 3.20. The number of carbonyl (C=O) groups excluding carboxylic acids is 1. The van der Waals surface area contributed by atoms with Gasteiger partial charge in [0.2, 0.25) is 0 Å². The van der Waals surface area contributed by atoms with E-state index >= 15 is 0 Å². The van der Waals surface area contributed by atoms with E-state index in [9.17, 15) is 4.79 Å². The largest absolute Gasteiger partial charge is 0.495 e. The second-order valence-electron chi connectivity index (χ2n) is 2.41. The summed E-state index contributed by atoms with van der Waals surface area (Å²) in [4.78, 5) is 10.9. The van der Waals surface area contributed by atoms with Crippen LogP contribution in [0.2, 0.25) is 0 Å². The fourth-order valence-electron chi connectivity index (χ4n) is 0.945. The van der Waals surface area contributed by atoms with Crippen LogP contribution in [0.15, 0.2) is 16.6 Å². The van der Waals surface area contributed by atoms with Gasteiger partial charge in [0.1, 0.15) is 5.75 Å². The van der Waals surface area contributed by atoms with Gasteiger partial charge >= 0.3 is 0 Å². The van der Waals surface area contributed by atoms with Gasteiger partial charge in [-0.15, -0.1) is 0 Å². The Bertz CT molecular complexity index is 352. The number of amides is 1. The summed E-state index contributed by atoms with van der Waals surface area (Å²) in [7, 11) is 1.52. The van der Waals surface area contributed by atoms with Gasteiger partial charge in [-0.2, -0.15) is 0 Å². The molecule has 0 atom stereocenters. The van der Waals surface area contributed by atoms with E-state index in [4.69, 9.17) is 16.2 Å². The van der Waals surface area contributed by atoms with Crippen molar-refractivity contribution in [2.75, 3.05) is 12.8 Å². The number of benzene rings is 1. The van der Waals surface area contributed by atoms with Crippen LogP contribution >= 0.6 is 15.9 Å². The number of hydrogen-bond acceptors (Lipinski definition) is 3. The first-order valence-corrected chi connectivity index (χ1v) is 4.29. The summed E-state index contributed by atoms with van der Waals surface area (Å²) < 4.78 is 5.53. The second-order valence-corrected chi connectivity index (χ2v) is 3.20. The third-order valence-electron chi connectivity index (χ3n) is 1.63. The Morgan fingerprint density at radius 2 is 2.15 bits per heavy atom. The number of ether oxygens (including phenoxy) is 1. The predicted octanol–water partition coefficient (Wildman–Crippen LogP) is 1.14. The van der Waals surface area contributed by atoms with Crippen LogP contribution in [0.3, 0.4) is 0 Å². The van der Waals surface area contributed by atoms with Gasteiger partial charge in [0.05, 0.1) is 22.8 Å². The van der Waals surface area contributed by atoms with Crippen LogP contribution in [0.5, 0.6) is 5.75 Å². The van der Waals surface area contributed by atoms with Crippen molar-refractivity contribution >= 4 is 27.5 Å². The summed E-state index contributed by atoms with van der Waals surface area (Å²) in [5.41, 5.74) is 11.3. The molecule has 0 aliphatic rings. The van der Waals surface area contributed by atoms with E-state index in [1.807, 2.05) is 0 Å². The molecule has 1 amide bonds. The molecule has 0 saturated heterocycles. The molecule has 0 aliphatic heterocycles. The Kier molecular flexibility index (Phi) is 2.77. The molecule has 0 fully saturated rings. The highest BCUT2D eigenvalue weighted by atomic mass is 79.9. The van der Waals surface area contributed by atoms with Gasteiger partial charge in [-0.05, 0) is 28.1 Å². The van der Waals surface area contributed by atoms with Gasteiger partial charge in [0.15, 0.2) is 0 Å². The molecule has 70 valence electrons. The highest BCUT2D eigenvalue weighted by Gasteiger charge is 2.11. The SMILES string of the molecule is COc1ccc(C(N)=O)c(N)c1Br. The van der Waals surface area contributed by atoms with E-state index in [0.29, 0.717) is 15.9 Å². The van der Waals surface area contributed by atoms with E-state index in [0.717, 1.165) is 0 Å². The number of anilines is 1. The summed E-state index contributed by atoms with van der Waals surface area (Å²) in [6, 6.07) is 3.15. The fraction of sp³-hybridized carbons (Fsp3) is 0.125. The topological polar surface area (TPSA) is 78.3 Å². The lowest BCUT2D eigenvalue weighted by molar-refractivity contribution is 0.100. The van der Waals surface area contributed by atoms with E-state index in [1.54, 1.807) is 6.07 Å². The Labute approximate surface area is 84.0 Å². The number of methoxy groups -OCH3 is 1. The monoisotopic (exact) mass is 244 g/mol. The zero-order valence-electron chi connectivity index (χ0n) is 7.00. The Morgan fingerprint density at radius 3 is 2.62 bits per heavy atom. The highest BCUT2D eigenvalue weighted by Crippen LogP contribution is 2.32. The number of halogens is 1. The van der Waals surface area contributed by atoms with Crippen molar-refractivity contribution in [2.45, 2.75) is 0 Å². The van der Waals surface area contributed by atoms with Crippen molar-refractivity contribution in [3.8, 4) is 5.75 Å². The Balaban J connectivity index is 3.31. The zero-order chi connectivity index (χ0) is 10.0. The number of carbonyl (C=O) groups is 1. The van der Waals surface area contributed by atoms with Crippen LogP contribution in [0.25, 0.3) is 0 Å². The van der Waals surface area contributed by atoms with Crippen molar-refractivity contribution in [1.29, 1.82) is 0 Å². The van der Waals surface area contributed by atoms with E-state index in [1.165, 1.54) is 13.2 Å².